The zero-order valence-corrected chi connectivity index (χ0v) is 11.6. The molecule has 1 aromatic rings. The van der Waals surface area contributed by atoms with Crippen LogP contribution in [-0.2, 0) is 0 Å². The predicted octanol–water partition coefficient (Wildman–Crippen LogP) is 1.58. The molecule has 0 spiro atoms. The van der Waals surface area contributed by atoms with Gasteiger partial charge in [0.15, 0.2) is 0 Å². The van der Waals surface area contributed by atoms with Crippen LogP contribution in [0.2, 0.25) is 0 Å². The van der Waals surface area contributed by atoms with Gasteiger partial charge in [0.2, 0.25) is 5.91 Å². The number of carbonyl (C=O) groups is 2. The number of hydrogen-bond acceptors (Lipinski definition) is 3. The fourth-order valence-electron chi connectivity index (χ4n) is 3.27. The highest BCUT2D eigenvalue weighted by atomic mass is 16.2. The molecular weight excluding hydrogens is 254 g/mol. The Kier molecular flexibility index (Phi) is 3.12. The second-order valence-electron chi connectivity index (χ2n) is 5.36. The van der Waals surface area contributed by atoms with E-state index in [0.29, 0.717) is 11.1 Å². The molecule has 0 aromatic heterocycles. The van der Waals surface area contributed by atoms with Crippen LogP contribution in [0.5, 0.6) is 0 Å². The van der Waals surface area contributed by atoms with Crippen molar-refractivity contribution in [3.8, 4) is 0 Å². The fourth-order valence-corrected chi connectivity index (χ4v) is 3.27. The molecule has 0 radical (unpaired) electrons. The van der Waals surface area contributed by atoms with E-state index in [-0.39, 0.29) is 12.1 Å². The Morgan fingerprint density at radius 3 is 2.90 bits per heavy atom. The lowest BCUT2D eigenvalue weighted by Crippen LogP contribution is -2.57. The minimum Gasteiger partial charge on any atom is -0.366 e. The maximum atomic E-state index is 12.6. The number of primary amides is 1. The summed E-state index contributed by atoms with van der Waals surface area (Å²) in [6.45, 7) is 3.70. The Balaban J connectivity index is 2.11. The third-order valence-corrected chi connectivity index (χ3v) is 4.25. The van der Waals surface area contributed by atoms with Gasteiger partial charge in [-0.1, -0.05) is 0 Å². The highest BCUT2D eigenvalue weighted by molar-refractivity contribution is 6.04. The maximum absolute atomic E-state index is 12.6. The number of anilines is 1. The van der Waals surface area contributed by atoms with Crippen molar-refractivity contribution < 1.29 is 9.59 Å². The van der Waals surface area contributed by atoms with Crippen LogP contribution in [0.1, 0.15) is 46.9 Å². The summed E-state index contributed by atoms with van der Waals surface area (Å²) in [7, 11) is 0. The van der Waals surface area contributed by atoms with Gasteiger partial charge in [-0.3, -0.25) is 9.59 Å². The molecule has 5 heteroatoms. The zero-order valence-electron chi connectivity index (χ0n) is 11.6. The van der Waals surface area contributed by atoms with Gasteiger partial charge >= 0.3 is 0 Å². The quantitative estimate of drug-likeness (QED) is 0.889. The van der Waals surface area contributed by atoms with E-state index >= 15 is 0 Å². The Morgan fingerprint density at radius 1 is 1.40 bits per heavy atom. The van der Waals surface area contributed by atoms with Crippen LogP contribution in [0.25, 0.3) is 0 Å². The van der Waals surface area contributed by atoms with E-state index in [2.05, 4.69) is 11.8 Å². The summed E-state index contributed by atoms with van der Waals surface area (Å²) in [5, 5.41) is 0. The zero-order chi connectivity index (χ0) is 14.3. The van der Waals surface area contributed by atoms with E-state index < -0.39 is 5.91 Å². The smallest absolute Gasteiger partial charge is 0.257 e. The molecule has 2 heterocycles. The first kappa shape index (κ1) is 13.0. The number of benzene rings is 1. The Morgan fingerprint density at radius 2 is 2.20 bits per heavy atom. The molecular formula is C15H19N3O2. The molecule has 5 nitrogen and oxygen atoms in total. The molecule has 0 aliphatic carbocycles. The fraction of sp³-hybridized carbons (Fsp3) is 0.467. The first-order valence-corrected chi connectivity index (χ1v) is 7.15. The topological polar surface area (TPSA) is 66.6 Å². The van der Waals surface area contributed by atoms with E-state index in [0.717, 1.165) is 38.0 Å². The average Bonchev–Trinajstić information content (AvgIpc) is 2.47. The number of hydrogen-bond donors (Lipinski definition) is 1. The third-order valence-electron chi connectivity index (χ3n) is 4.25. The van der Waals surface area contributed by atoms with E-state index in [9.17, 15) is 9.59 Å². The van der Waals surface area contributed by atoms with Gasteiger partial charge in [-0.15, -0.1) is 0 Å². The highest BCUT2D eigenvalue weighted by Gasteiger charge is 2.38. The first-order valence-electron chi connectivity index (χ1n) is 7.15. The lowest BCUT2D eigenvalue weighted by atomic mass is 9.97. The SMILES string of the molecule is CCN1c2cc(C(N)=O)ccc2C(=O)N2CCCC[C@H]21. The molecule has 2 aliphatic heterocycles. The van der Waals surface area contributed by atoms with Crippen LogP contribution in [-0.4, -0.2) is 36.0 Å². The normalized spacial score (nSPS) is 21.4. The molecule has 0 unspecified atom stereocenters. The first-order chi connectivity index (χ1) is 9.63. The van der Waals surface area contributed by atoms with Crippen molar-refractivity contribution in [1.82, 2.24) is 4.90 Å². The van der Waals surface area contributed by atoms with Crippen LogP contribution in [0.4, 0.5) is 5.69 Å². The van der Waals surface area contributed by atoms with E-state index in [1.165, 1.54) is 0 Å². The summed E-state index contributed by atoms with van der Waals surface area (Å²) in [5.41, 5.74) is 7.33. The molecule has 2 amide bonds. The van der Waals surface area contributed by atoms with Gasteiger partial charge in [0.1, 0.15) is 6.17 Å². The van der Waals surface area contributed by atoms with Crippen molar-refractivity contribution >= 4 is 17.5 Å². The van der Waals surface area contributed by atoms with Crippen LogP contribution < -0.4 is 10.6 Å². The Bertz CT molecular complexity index is 570. The molecule has 1 saturated heterocycles. The minimum atomic E-state index is -0.456. The van der Waals surface area contributed by atoms with Gasteiger partial charge in [-0.2, -0.15) is 0 Å². The molecule has 20 heavy (non-hydrogen) atoms. The van der Waals surface area contributed by atoms with Crippen LogP contribution in [0, 0.1) is 0 Å². The van der Waals surface area contributed by atoms with Crippen molar-refractivity contribution in [2.45, 2.75) is 32.4 Å². The number of rotatable bonds is 2. The molecule has 1 fully saturated rings. The molecule has 2 aliphatic rings. The van der Waals surface area contributed by atoms with Gasteiger partial charge in [0.05, 0.1) is 11.3 Å². The van der Waals surface area contributed by atoms with Crippen molar-refractivity contribution in [1.29, 1.82) is 0 Å². The molecule has 1 aromatic carbocycles. The van der Waals surface area contributed by atoms with E-state index in [1.807, 2.05) is 4.90 Å². The lowest BCUT2D eigenvalue weighted by Gasteiger charge is -2.47. The Labute approximate surface area is 118 Å². The molecule has 3 rings (SSSR count). The largest absolute Gasteiger partial charge is 0.366 e. The maximum Gasteiger partial charge on any atom is 0.257 e. The van der Waals surface area contributed by atoms with Crippen molar-refractivity contribution in [3.63, 3.8) is 0 Å². The number of fused-ring (bicyclic) bond motifs is 2. The number of nitrogens with two attached hydrogens (primary N) is 1. The number of amides is 2. The summed E-state index contributed by atoms with van der Waals surface area (Å²) < 4.78 is 0. The van der Waals surface area contributed by atoms with E-state index in [4.69, 9.17) is 5.73 Å². The average molecular weight is 273 g/mol. The summed E-state index contributed by atoms with van der Waals surface area (Å²) >= 11 is 0. The number of piperidine rings is 1. The van der Waals surface area contributed by atoms with Crippen LogP contribution in [0.15, 0.2) is 18.2 Å². The molecule has 0 saturated carbocycles. The van der Waals surface area contributed by atoms with Gasteiger partial charge in [-0.05, 0) is 44.4 Å². The summed E-state index contributed by atoms with van der Waals surface area (Å²) in [6.07, 6.45) is 3.31. The third kappa shape index (κ3) is 1.85. The van der Waals surface area contributed by atoms with Crippen LogP contribution in [0.3, 0.4) is 0 Å². The summed E-state index contributed by atoms with van der Waals surface area (Å²) in [6, 6.07) is 5.12. The number of nitrogens with zero attached hydrogens (tertiary/aromatic N) is 2. The van der Waals surface area contributed by atoms with Gasteiger partial charge in [0.25, 0.3) is 5.91 Å². The molecule has 0 bridgehead atoms. The molecule has 106 valence electrons. The van der Waals surface area contributed by atoms with E-state index in [1.54, 1.807) is 18.2 Å². The minimum absolute atomic E-state index is 0.0745. The van der Waals surface area contributed by atoms with Gasteiger partial charge in [-0.25, -0.2) is 0 Å². The van der Waals surface area contributed by atoms with Crippen molar-refractivity contribution in [3.05, 3.63) is 29.3 Å². The Hall–Kier alpha value is -2.04. The predicted molar refractivity (Wildman–Crippen MR) is 76.7 cm³/mol. The summed E-state index contributed by atoms with van der Waals surface area (Å²) in [4.78, 5) is 28.1. The monoisotopic (exact) mass is 273 g/mol. The van der Waals surface area contributed by atoms with Crippen LogP contribution >= 0.6 is 0 Å². The van der Waals surface area contributed by atoms with Crippen molar-refractivity contribution in [2.24, 2.45) is 5.73 Å². The second-order valence-corrected chi connectivity index (χ2v) is 5.36. The standard InChI is InChI=1S/C15H19N3O2/c1-2-17-12-9-10(14(16)19)6-7-11(12)15(20)18-8-4-3-5-13(17)18/h6-7,9,13H,2-5,8H2,1H3,(H2,16,19)/t13-/m0/s1. The molecule has 2 N–H and O–H groups in total. The van der Waals surface area contributed by atoms with Gasteiger partial charge < -0.3 is 15.5 Å². The van der Waals surface area contributed by atoms with Gasteiger partial charge in [0, 0.05) is 18.7 Å². The second kappa shape index (κ2) is 4.81. The molecule has 1 atom stereocenters. The summed E-state index contributed by atoms with van der Waals surface area (Å²) in [5.74, 6) is -0.382. The number of carbonyl (C=O) groups excluding carboxylic acids is 2. The lowest BCUT2D eigenvalue weighted by molar-refractivity contribution is 0.0582. The van der Waals surface area contributed by atoms with Crippen molar-refractivity contribution in [2.75, 3.05) is 18.0 Å². The highest BCUT2D eigenvalue weighted by Crippen LogP contribution is 2.35.